The monoisotopic (exact) mass is 522 g/mol. The van der Waals surface area contributed by atoms with Crippen molar-refractivity contribution in [1.82, 2.24) is 4.90 Å². The fourth-order valence-electron chi connectivity index (χ4n) is 5.64. The van der Waals surface area contributed by atoms with Crippen molar-refractivity contribution in [3.05, 3.63) is 44.6 Å². The molecule has 0 aromatic heterocycles. The first-order valence-electron chi connectivity index (χ1n) is 10.1. The number of phenolic OH excluding ortho intramolecular Hbond substituents is 1. The Kier molecular flexibility index (Phi) is 5.25. The number of amides is 1. The molecule has 3 aliphatic rings. The van der Waals surface area contributed by atoms with Gasteiger partial charge in [0.05, 0.1) is 23.6 Å². The minimum Gasteiger partial charge on any atom is -0.508 e. The lowest BCUT2D eigenvalue weighted by Crippen LogP contribution is -2.70. The van der Waals surface area contributed by atoms with E-state index in [1.807, 2.05) is 0 Å². The van der Waals surface area contributed by atoms with Crippen LogP contribution < -0.4 is 5.73 Å². The van der Waals surface area contributed by atoms with E-state index in [4.69, 9.17) is 5.73 Å². The summed E-state index contributed by atoms with van der Waals surface area (Å²) in [6, 6.07) is 1.48. The van der Waals surface area contributed by atoms with E-state index < -0.39 is 75.6 Å². The molecule has 0 saturated heterocycles. The largest absolute Gasteiger partial charge is 0.508 e. The summed E-state index contributed by atoms with van der Waals surface area (Å²) in [7, 11) is 2.91. The van der Waals surface area contributed by atoms with Gasteiger partial charge in [-0.05, 0) is 37.7 Å². The third-order valence-electron chi connectivity index (χ3n) is 7.05. The van der Waals surface area contributed by atoms with Crippen molar-refractivity contribution >= 4 is 39.2 Å². The number of benzene rings is 1. The predicted molar refractivity (Wildman–Crippen MR) is 118 cm³/mol. The Morgan fingerprint density at radius 3 is 2.33 bits per heavy atom. The number of nitrogens with zero attached hydrogens (tertiary/aromatic N) is 1. The molecule has 11 heteroatoms. The number of phenols is 1. The van der Waals surface area contributed by atoms with E-state index in [1.165, 1.54) is 25.1 Å². The van der Waals surface area contributed by atoms with Gasteiger partial charge >= 0.3 is 0 Å². The summed E-state index contributed by atoms with van der Waals surface area (Å²) in [5.41, 5.74) is 1.37. The van der Waals surface area contributed by atoms with Crippen LogP contribution in [0.25, 0.3) is 5.76 Å². The molecule has 3 aliphatic carbocycles. The van der Waals surface area contributed by atoms with Crippen molar-refractivity contribution in [3.63, 3.8) is 0 Å². The zero-order chi connectivity index (χ0) is 24.7. The number of carbonyl (C=O) groups is 3. The minimum absolute atomic E-state index is 0.0552. The molecule has 0 radical (unpaired) electrons. The number of nitrogens with two attached hydrogens (primary N) is 1. The van der Waals surface area contributed by atoms with Gasteiger partial charge in [-0.25, -0.2) is 0 Å². The topological polar surface area (TPSA) is 182 Å². The number of primary amides is 1. The first kappa shape index (κ1) is 23.4. The second-order valence-electron chi connectivity index (χ2n) is 8.90. The SMILES string of the molecule is C[C@H]1c2c(Br)ccc(O)c2C(O)=C2C(=O)[C@]3(O)C(O)=C(C(N)=O)C(=O)[C@@H](N(C)C)[C@@H]3[C@@H](O)[C@@H]21. The lowest BCUT2D eigenvalue weighted by atomic mass is 9.54. The van der Waals surface area contributed by atoms with Crippen LogP contribution in [0.1, 0.15) is 24.0 Å². The number of rotatable bonds is 2. The Morgan fingerprint density at radius 1 is 1.18 bits per heavy atom. The molecular formula is C22H23BrN2O8. The third-order valence-corrected chi connectivity index (χ3v) is 7.75. The number of aliphatic hydroxyl groups is 4. The number of aromatic hydroxyl groups is 1. The van der Waals surface area contributed by atoms with E-state index in [9.17, 15) is 39.9 Å². The van der Waals surface area contributed by atoms with Crippen molar-refractivity contribution in [2.45, 2.75) is 30.6 Å². The second kappa shape index (κ2) is 7.39. The molecular weight excluding hydrogens is 500 g/mol. The summed E-state index contributed by atoms with van der Waals surface area (Å²) in [5.74, 6) is -9.05. The second-order valence-corrected chi connectivity index (χ2v) is 9.76. The summed E-state index contributed by atoms with van der Waals surface area (Å²) in [6.45, 7) is 1.67. The van der Waals surface area contributed by atoms with Gasteiger partial charge in [-0.3, -0.25) is 19.3 Å². The van der Waals surface area contributed by atoms with Gasteiger partial charge in [0.25, 0.3) is 5.91 Å². The number of aliphatic hydroxyl groups excluding tert-OH is 3. The maximum absolute atomic E-state index is 13.7. The van der Waals surface area contributed by atoms with Crippen LogP contribution in [0, 0.1) is 11.8 Å². The smallest absolute Gasteiger partial charge is 0.255 e. The molecule has 0 spiro atoms. The number of Topliss-reactive ketones (excluding diaryl/α,β-unsaturated/α-hetero) is 2. The van der Waals surface area contributed by atoms with Crippen LogP contribution in [0.4, 0.5) is 0 Å². The van der Waals surface area contributed by atoms with E-state index in [0.29, 0.717) is 10.0 Å². The van der Waals surface area contributed by atoms with Gasteiger partial charge in [0, 0.05) is 16.0 Å². The number of hydrogen-bond donors (Lipinski definition) is 6. The van der Waals surface area contributed by atoms with Crippen LogP contribution in [0.15, 0.2) is 33.5 Å². The Morgan fingerprint density at radius 2 is 1.79 bits per heavy atom. The minimum atomic E-state index is -2.91. The fourth-order valence-corrected chi connectivity index (χ4v) is 6.34. The van der Waals surface area contributed by atoms with E-state index in [-0.39, 0.29) is 11.3 Å². The Bertz CT molecular complexity index is 1190. The number of hydrogen-bond acceptors (Lipinski definition) is 9. The highest BCUT2D eigenvalue weighted by molar-refractivity contribution is 9.10. The van der Waals surface area contributed by atoms with Gasteiger partial charge in [0.2, 0.25) is 5.78 Å². The normalized spacial score (nSPS) is 33.7. The van der Waals surface area contributed by atoms with Gasteiger partial charge < -0.3 is 31.3 Å². The molecule has 1 aromatic carbocycles. The number of halogens is 1. The molecule has 0 aliphatic heterocycles. The lowest BCUT2D eigenvalue weighted by Gasteiger charge is -2.53. The molecule has 10 nitrogen and oxygen atoms in total. The van der Waals surface area contributed by atoms with Crippen LogP contribution in [-0.2, 0) is 14.4 Å². The quantitative estimate of drug-likeness (QED) is 0.296. The predicted octanol–water partition coefficient (Wildman–Crippen LogP) is 0.258. The van der Waals surface area contributed by atoms with Crippen LogP contribution in [0.5, 0.6) is 5.75 Å². The first-order valence-corrected chi connectivity index (χ1v) is 10.9. The molecule has 7 N–H and O–H groups in total. The van der Waals surface area contributed by atoms with Crippen LogP contribution in [-0.4, -0.2) is 79.7 Å². The maximum Gasteiger partial charge on any atom is 0.255 e. The molecule has 1 fully saturated rings. The molecule has 1 aromatic rings. The fraction of sp³-hybridized carbons (Fsp3) is 0.409. The molecule has 1 amide bonds. The van der Waals surface area contributed by atoms with Crippen molar-refractivity contribution in [3.8, 4) is 5.75 Å². The van der Waals surface area contributed by atoms with Gasteiger partial charge in [0.1, 0.15) is 22.8 Å². The van der Waals surface area contributed by atoms with Crippen molar-refractivity contribution < 1.29 is 39.9 Å². The zero-order valence-corrected chi connectivity index (χ0v) is 19.5. The van der Waals surface area contributed by atoms with Crippen molar-refractivity contribution in [2.75, 3.05) is 14.1 Å². The summed E-state index contributed by atoms with van der Waals surface area (Å²) >= 11 is 3.37. The number of carbonyl (C=O) groups excluding carboxylic acids is 3. The van der Waals surface area contributed by atoms with E-state index in [2.05, 4.69) is 15.9 Å². The lowest BCUT2D eigenvalue weighted by molar-refractivity contribution is -0.169. The van der Waals surface area contributed by atoms with E-state index >= 15 is 0 Å². The van der Waals surface area contributed by atoms with E-state index in [0.717, 1.165) is 0 Å². The Balaban J connectivity index is 2.08. The molecule has 33 heavy (non-hydrogen) atoms. The average molecular weight is 523 g/mol. The third kappa shape index (κ3) is 2.79. The molecule has 6 atom stereocenters. The van der Waals surface area contributed by atoms with Crippen molar-refractivity contribution in [2.24, 2.45) is 17.6 Å². The Hall–Kier alpha value is -2.73. The average Bonchev–Trinajstić information content (AvgIpc) is 2.72. The van der Waals surface area contributed by atoms with Gasteiger partial charge in [0.15, 0.2) is 11.4 Å². The number of fused-ring (bicyclic) bond motifs is 3. The van der Waals surface area contributed by atoms with Gasteiger partial charge in [-0.2, -0.15) is 0 Å². The van der Waals surface area contributed by atoms with Crippen LogP contribution in [0.3, 0.4) is 0 Å². The highest BCUT2D eigenvalue weighted by atomic mass is 79.9. The van der Waals surface area contributed by atoms with Gasteiger partial charge in [-0.15, -0.1) is 0 Å². The highest BCUT2D eigenvalue weighted by Gasteiger charge is 2.68. The Labute approximate surface area is 196 Å². The number of ketones is 2. The first-order chi connectivity index (χ1) is 15.3. The molecule has 0 heterocycles. The maximum atomic E-state index is 13.7. The van der Waals surface area contributed by atoms with Crippen molar-refractivity contribution in [1.29, 1.82) is 0 Å². The van der Waals surface area contributed by atoms with E-state index in [1.54, 1.807) is 13.0 Å². The summed E-state index contributed by atoms with van der Waals surface area (Å²) < 4.78 is 0.511. The molecule has 0 bridgehead atoms. The molecule has 176 valence electrons. The summed E-state index contributed by atoms with van der Waals surface area (Å²) in [6.07, 6.45) is -1.62. The van der Waals surface area contributed by atoms with Crippen LogP contribution in [0.2, 0.25) is 0 Å². The standard InChI is InChI=1S/C22H23BrN2O8/c1-6-9-7(23)4-5-8(26)11(9)16(27)12-10(6)17(28)14-15(25(2)3)18(29)13(21(24)32)20(31)22(14,33)19(12)30/h4-6,10,14-15,17,26-28,31,33H,1-3H3,(H2,24,32)/t6-,10+,14+,15-,17-,22-/m0/s1. The molecule has 1 saturated carbocycles. The summed E-state index contributed by atoms with van der Waals surface area (Å²) in [5, 5.41) is 55.3. The zero-order valence-electron chi connectivity index (χ0n) is 17.9. The number of likely N-dealkylation sites (N-methyl/N-ethyl adjacent to an activating group) is 1. The molecule has 0 unspecified atom stereocenters. The summed E-state index contributed by atoms with van der Waals surface area (Å²) in [4.78, 5) is 40.1. The highest BCUT2D eigenvalue weighted by Crippen LogP contribution is 2.57. The van der Waals surface area contributed by atoms with Gasteiger partial charge in [-0.1, -0.05) is 22.9 Å². The molecule has 4 rings (SSSR count). The van der Waals surface area contributed by atoms with Crippen LogP contribution >= 0.6 is 15.9 Å².